The Morgan fingerprint density at radius 1 is 1.24 bits per heavy atom. The van der Waals surface area contributed by atoms with E-state index >= 15 is 0 Å². The third-order valence-corrected chi connectivity index (χ3v) is 5.73. The van der Waals surface area contributed by atoms with Crippen LogP contribution in [0.25, 0.3) is 0 Å². The highest BCUT2D eigenvalue weighted by Crippen LogP contribution is 2.20. The van der Waals surface area contributed by atoms with E-state index in [0.29, 0.717) is 22.9 Å². The Labute approximate surface area is 170 Å². The van der Waals surface area contributed by atoms with Gasteiger partial charge >= 0.3 is 0 Å². The second-order valence-corrected chi connectivity index (χ2v) is 8.02. The van der Waals surface area contributed by atoms with E-state index in [9.17, 15) is 9.59 Å². The van der Waals surface area contributed by atoms with Gasteiger partial charge in [0.15, 0.2) is 5.69 Å². The minimum atomic E-state index is -0.292. The topological polar surface area (TPSA) is 92.2 Å². The zero-order valence-electron chi connectivity index (χ0n) is 16.9. The number of rotatable bonds is 5. The molecule has 154 valence electrons. The average molecular weight is 396 g/mol. The van der Waals surface area contributed by atoms with Crippen molar-refractivity contribution in [3.05, 3.63) is 41.2 Å². The average Bonchev–Trinajstić information content (AvgIpc) is 3.42. The Hall–Kier alpha value is -2.74. The van der Waals surface area contributed by atoms with Crippen LogP contribution in [0.15, 0.2) is 24.4 Å². The van der Waals surface area contributed by atoms with E-state index in [2.05, 4.69) is 20.9 Å². The van der Waals surface area contributed by atoms with Gasteiger partial charge in [0.05, 0.1) is 6.20 Å². The SMILES string of the molecule is Cc1cc(C(=O)N2CCCC2)ccc1NC(=O)c1cn(CC2CCCNC2)nn1. The van der Waals surface area contributed by atoms with Crippen LogP contribution in [0.2, 0.25) is 0 Å². The molecule has 2 saturated heterocycles. The zero-order chi connectivity index (χ0) is 20.2. The first-order valence-electron chi connectivity index (χ1n) is 10.4. The van der Waals surface area contributed by atoms with Gasteiger partial charge in [0.1, 0.15) is 0 Å². The van der Waals surface area contributed by atoms with Crippen molar-refractivity contribution >= 4 is 17.5 Å². The monoisotopic (exact) mass is 396 g/mol. The summed E-state index contributed by atoms with van der Waals surface area (Å²) < 4.78 is 1.75. The molecule has 0 aliphatic carbocycles. The zero-order valence-corrected chi connectivity index (χ0v) is 16.9. The van der Waals surface area contributed by atoms with Crippen molar-refractivity contribution in [3.63, 3.8) is 0 Å². The summed E-state index contributed by atoms with van der Waals surface area (Å²) in [5, 5.41) is 14.4. The number of nitrogens with one attached hydrogen (secondary N) is 2. The van der Waals surface area contributed by atoms with Gasteiger partial charge in [-0.3, -0.25) is 14.3 Å². The van der Waals surface area contributed by atoms with Gasteiger partial charge in [0.25, 0.3) is 11.8 Å². The molecule has 0 saturated carbocycles. The Bertz CT molecular complexity index is 881. The predicted octanol–water partition coefficient (Wildman–Crippen LogP) is 2.07. The van der Waals surface area contributed by atoms with Crippen LogP contribution in [0.4, 0.5) is 5.69 Å². The summed E-state index contributed by atoms with van der Waals surface area (Å²) in [6.07, 6.45) is 6.16. The van der Waals surface area contributed by atoms with E-state index < -0.39 is 0 Å². The van der Waals surface area contributed by atoms with Gasteiger partial charge in [-0.1, -0.05) is 5.21 Å². The van der Waals surface area contributed by atoms with E-state index in [1.54, 1.807) is 23.0 Å². The number of carbonyl (C=O) groups is 2. The number of piperidine rings is 1. The summed E-state index contributed by atoms with van der Waals surface area (Å²) in [5.74, 6) is 0.285. The smallest absolute Gasteiger partial charge is 0.277 e. The summed E-state index contributed by atoms with van der Waals surface area (Å²) >= 11 is 0. The van der Waals surface area contributed by atoms with Gasteiger partial charge < -0.3 is 15.5 Å². The fourth-order valence-corrected chi connectivity index (χ4v) is 4.06. The largest absolute Gasteiger partial charge is 0.339 e. The molecule has 2 N–H and O–H groups in total. The predicted molar refractivity (Wildman–Crippen MR) is 110 cm³/mol. The van der Waals surface area contributed by atoms with Crippen LogP contribution in [0.3, 0.4) is 0 Å². The molecule has 4 rings (SSSR count). The van der Waals surface area contributed by atoms with E-state index in [1.165, 1.54) is 6.42 Å². The number of hydrogen-bond acceptors (Lipinski definition) is 5. The number of likely N-dealkylation sites (tertiary alicyclic amines) is 1. The van der Waals surface area contributed by atoms with Crippen LogP contribution in [0.1, 0.15) is 52.1 Å². The van der Waals surface area contributed by atoms with E-state index in [-0.39, 0.29) is 11.8 Å². The van der Waals surface area contributed by atoms with Gasteiger partial charge in [0, 0.05) is 30.9 Å². The van der Waals surface area contributed by atoms with Crippen molar-refractivity contribution in [1.29, 1.82) is 0 Å². The number of anilines is 1. The minimum absolute atomic E-state index is 0.0589. The molecule has 1 aromatic carbocycles. The highest BCUT2D eigenvalue weighted by atomic mass is 16.2. The van der Waals surface area contributed by atoms with Crippen LogP contribution < -0.4 is 10.6 Å². The molecule has 29 heavy (non-hydrogen) atoms. The molecule has 0 spiro atoms. The van der Waals surface area contributed by atoms with Crippen molar-refractivity contribution in [2.24, 2.45) is 5.92 Å². The summed E-state index contributed by atoms with van der Waals surface area (Å²) in [7, 11) is 0. The van der Waals surface area contributed by atoms with Crippen LogP contribution in [-0.2, 0) is 6.54 Å². The summed E-state index contributed by atoms with van der Waals surface area (Å²) in [5.41, 5.74) is 2.49. The molecule has 2 fully saturated rings. The van der Waals surface area contributed by atoms with Gasteiger partial charge in [-0.25, -0.2) is 0 Å². The van der Waals surface area contributed by atoms with Crippen molar-refractivity contribution < 1.29 is 9.59 Å². The van der Waals surface area contributed by atoms with Crippen molar-refractivity contribution in [2.45, 2.75) is 39.2 Å². The lowest BCUT2D eigenvalue weighted by Crippen LogP contribution is -2.32. The summed E-state index contributed by atoms with van der Waals surface area (Å²) in [4.78, 5) is 27.0. The number of aromatic nitrogens is 3. The van der Waals surface area contributed by atoms with Gasteiger partial charge in [-0.05, 0) is 75.4 Å². The second kappa shape index (κ2) is 8.73. The van der Waals surface area contributed by atoms with Gasteiger partial charge in [0.2, 0.25) is 0 Å². The highest BCUT2D eigenvalue weighted by Gasteiger charge is 2.21. The quantitative estimate of drug-likeness (QED) is 0.807. The lowest BCUT2D eigenvalue weighted by atomic mass is 10.00. The molecule has 1 unspecified atom stereocenters. The lowest BCUT2D eigenvalue weighted by Gasteiger charge is -2.22. The fourth-order valence-electron chi connectivity index (χ4n) is 4.06. The maximum absolute atomic E-state index is 12.6. The van der Waals surface area contributed by atoms with Gasteiger partial charge in [-0.2, -0.15) is 0 Å². The summed E-state index contributed by atoms with van der Waals surface area (Å²) in [6.45, 7) is 6.35. The standard InChI is InChI=1S/C21H28N6O2/c1-15-11-17(21(29)26-9-2-3-10-26)6-7-18(15)23-20(28)19-14-27(25-24-19)13-16-5-4-8-22-12-16/h6-7,11,14,16,22H,2-5,8-10,12-13H2,1H3,(H,23,28). The molecular weight excluding hydrogens is 368 g/mol. The molecule has 1 aromatic heterocycles. The fraction of sp³-hybridized carbons (Fsp3) is 0.524. The first-order chi connectivity index (χ1) is 14.1. The molecule has 1 atom stereocenters. The second-order valence-electron chi connectivity index (χ2n) is 8.02. The normalized spacial score (nSPS) is 19.3. The Kier molecular flexibility index (Phi) is 5.89. The third kappa shape index (κ3) is 4.64. The maximum atomic E-state index is 12.6. The van der Waals surface area contributed by atoms with E-state index in [4.69, 9.17) is 0 Å². The Morgan fingerprint density at radius 3 is 2.79 bits per heavy atom. The van der Waals surface area contributed by atoms with Crippen molar-refractivity contribution in [1.82, 2.24) is 25.2 Å². The van der Waals surface area contributed by atoms with Crippen molar-refractivity contribution in [2.75, 3.05) is 31.5 Å². The van der Waals surface area contributed by atoms with Crippen molar-refractivity contribution in [3.8, 4) is 0 Å². The Morgan fingerprint density at radius 2 is 2.07 bits per heavy atom. The molecule has 3 heterocycles. The highest BCUT2D eigenvalue weighted by molar-refractivity contribution is 6.03. The molecule has 2 aromatic rings. The molecule has 0 radical (unpaired) electrons. The van der Waals surface area contributed by atoms with E-state index in [0.717, 1.165) is 57.5 Å². The summed E-state index contributed by atoms with van der Waals surface area (Å²) in [6, 6.07) is 5.40. The molecule has 0 bridgehead atoms. The van der Waals surface area contributed by atoms with Crippen LogP contribution >= 0.6 is 0 Å². The van der Waals surface area contributed by atoms with E-state index in [1.807, 2.05) is 17.9 Å². The first kappa shape index (κ1) is 19.6. The number of carbonyl (C=O) groups excluding carboxylic acids is 2. The first-order valence-corrected chi connectivity index (χ1v) is 10.4. The molecular formula is C21H28N6O2. The molecule has 8 heteroatoms. The molecule has 2 aliphatic heterocycles. The Balaban J connectivity index is 1.38. The number of hydrogen-bond donors (Lipinski definition) is 2. The lowest BCUT2D eigenvalue weighted by molar-refractivity contribution is 0.0792. The van der Waals surface area contributed by atoms with Crippen LogP contribution in [-0.4, -0.2) is 57.9 Å². The minimum Gasteiger partial charge on any atom is -0.339 e. The maximum Gasteiger partial charge on any atom is 0.277 e. The van der Waals surface area contributed by atoms with Gasteiger partial charge in [-0.15, -0.1) is 5.10 Å². The third-order valence-electron chi connectivity index (χ3n) is 5.73. The molecule has 2 amide bonds. The number of benzene rings is 1. The number of amides is 2. The van der Waals surface area contributed by atoms with Crippen LogP contribution in [0, 0.1) is 12.8 Å². The number of nitrogens with zero attached hydrogens (tertiary/aromatic N) is 4. The molecule has 2 aliphatic rings. The number of aryl methyl sites for hydroxylation is 1. The molecule has 8 nitrogen and oxygen atoms in total. The van der Waals surface area contributed by atoms with Crippen LogP contribution in [0.5, 0.6) is 0 Å².